The molecule has 0 atom stereocenters. The molecule has 0 saturated heterocycles. The van der Waals surface area contributed by atoms with E-state index < -0.39 is 0 Å². The van der Waals surface area contributed by atoms with Crippen molar-refractivity contribution >= 4 is 14.0 Å². The van der Waals surface area contributed by atoms with Crippen LogP contribution in [0.3, 0.4) is 0 Å². The van der Waals surface area contributed by atoms with E-state index in [0.717, 1.165) is 0 Å². The van der Waals surface area contributed by atoms with E-state index in [-0.39, 0.29) is 8.80 Å². The van der Waals surface area contributed by atoms with E-state index in [1.165, 1.54) is 23.6 Å². The van der Waals surface area contributed by atoms with Gasteiger partial charge in [0, 0.05) is 0 Å². The van der Waals surface area contributed by atoms with Crippen molar-refractivity contribution in [2.24, 2.45) is 0 Å². The van der Waals surface area contributed by atoms with E-state index in [1.807, 2.05) is 0 Å². The molecule has 1 heteroatoms. The quantitative estimate of drug-likeness (QED) is 0.533. The van der Waals surface area contributed by atoms with Crippen molar-refractivity contribution in [3.8, 4) is 0 Å². The second-order valence-corrected chi connectivity index (χ2v) is 7.10. The van der Waals surface area contributed by atoms with Gasteiger partial charge in [0.2, 0.25) is 0 Å². The van der Waals surface area contributed by atoms with E-state index in [9.17, 15) is 0 Å². The Labute approximate surface area is 95.6 Å². The predicted octanol–water partition coefficient (Wildman–Crippen LogP) is 3.68. The summed E-state index contributed by atoms with van der Waals surface area (Å²) in [6.07, 6.45) is 3.59. The Morgan fingerprint density at radius 1 is 1.20 bits per heavy atom. The number of benzene rings is 1. The molecule has 0 nitrogen and oxygen atoms in total. The highest BCUT2D eigenvalue weighted by Crippen LogP contribution is 2.04. The highest BCUT2D eigenvalue weighted by atomic mass is 28.3. The van der Waals surface area contributed by atoms with Crippen LogP contribution in [-0.4, -0.2) is 8.80 Å². The first-order valence-electron chi connectivity index (χ1n) is 5.62. The average Bonchev–Trinajstić information content (AvgIpc) is 2.18. The molecule has 1 rings (SSSR count). The summed E-state index contributed by atoms with van der Waals surface area (Å²) < 4.78 is 0. The lowest BCUT2D eigenvalue weighted by atomic mass is 10.2. The summed E-state index contributed by atoms with van der Waals surface area (Å²) in [6.45, 7) is 8.91. The van der Waals surface area contributed by atoms with Crippen LogP contribution in [0.4, 0.5) is 0 Å². The Morgan fingerprint density at radius 2 is 1.80 bits per heavy atom. The number of hydrogen-bond donors (Lipinski definition) is 0. The first kappa shape index (κ1) is 12.2. The van der Waals surface area contributed by atoms with Crippen molar-refractivity contribution in [3.05, 3.63) is 41.5 Å². The van der Waals surface area contributed by atoms with Crippen LogP contribution in [0.15, 0.2) is 35.9 Å². The molecule has 0 aliphatic rings. The van der Waals surface area contributed by atoms with Gasteiger partial charge in [0.05, 0.1) is 8.80 Å². The zero-order chi connectivity index (χ0) is 11.3. The molecule has 0 aliphatic heterocycles. The van der Waals surface area contributed by atoms with E-state index in [1.54, 1.807) is 5.19 Å². The molecule has 81 valence electrons. The third-order valence-corrected chi connectivity index (χ3v) is 4.97. The summed E-state index contributed by atoms with van der Waals surface area (Å²) in [4.78, 5) is 0. The Bertz CT molecular complexity index is 318. The summed E-state index contributed by atoms with van der Waals surface area (Å²) in [6, 6.07) is 10.4. The summed E-state index contributed by atoms with van der Waals surface area (Å²) in [5, 5.41) is 1.56. The van der Waals surface area contributed by atoms with Gasteiger partial charge in [0.25, 0.3) is 0 Å². The smallest absolute Gasteiger partial charge is 0.0827 e. The van der Waals surface area contributed by atoms with Gasteiger partial charge in [-0.3, -0.25) is 0 Å². The lowest BCUT2D eigenvalue weighted by Gasteiger charge is -2.08. The normalized spacial score (nSPS) is 10.5. The third-order valence-electron chi connectivity index (χ3n) is 2.62. The van der Waals surface area contributed by atoms with Crippen LogP contribution >= 0.6 is 0 Å². The molecule has 0 N–H and O–H groups in total. The Morgan fingerprint density at radius 3 is 2.33 bits per heavy atom. The number of rotatable bonds is 4. The average molecular weight is 217 g/mol. The van der Waals surface area contributed by atoms with Crippen molar-refractivity contribution < 1.29 is 0 Å². The molecular formula is C14H21Si. The van der Waals surface area contributed by atoms with Crippen molar-refractivity contribution in [3.63, 3.8) is 0 Å². The molecule has 0 aromatic heterocycles. The van der Waals surface area contributed by atoms with Crippen LogP contribution in [0.5, 0.6) is 0 Å². The van der Waals surface area contributed by atoms with Gasteiger partial charge in [0.15, 0.2) is 0 Å². The minimum atomic E-state index is -0.324. The fourth-order valence-corrected chi connectivity index (χ4v) is 3.16. The van der Waals surface area contributed by atoms with Gasteiger partial charge >= 0.3 is 0 Å². The highest BCUT2D eigenvalue weighted by molar-refractivity contribution is 6.72. The second kappa shape index (κ2) is 5.91. The monoisotopic (exact) mass is 217 g/mol. The van der Waals surface area contributed by atoms with Crippen molar-refractivity contribution in [2.75, 3.05) is 0 Å². The molecule has 0 fully saturated rings. The first-order valence-corrected chi connectivity index (χ1v) is 7.83. The minimum absolute atomic E-state index is 0.324. The van der Waals surface area contributed by atoms with E-state index in [0.29, 0.717) is 0 Å². The van der Waals surface area contributed by atoms with Gasteiger partial charge in [-0.25, -0.2) is 0 Å². The van der Waals surface area contributed by atoms with Gasteiger partial charge in [-0.05, 0) is 27.2 Å². The molecule has 1 aromatic rings. The van der Waals surface area contributed by atoms with Gasteiger partial charge in [-0.15, -0.1) is 0 Å². The second-order valence-electron chi connectivity index (χ2n) is 4.47. The molecule has 0 saturated carbocycles. The van der Waals surface area contributed by atoms with E-state index in [4.69, 9.17) is 0 Å². The lowest BCUT2D eigenvalue weighted by molar-refractivity contribution is 1.15. The largest absolute Gasteiger partial charge is 0.0862 e. The number of allylic oxidation sites excluding steroid dienone is 2. The summed E-state index contributed by atoms with van der Waals surface area (Å²) in [5.41, 5.74) is 2.80. The van der Waals surface area contributed by atoms with Crippen LogP contribution in [0.2, 0.25) is 12.6 Å². The van der Waals surface area contributed by atoms with Gasteiger partial charge in [0.1, 0.15) is 0 Å². The third kappa shape index (κ3) is 4.48. The molecule has 0 spiro atoms. The van der Waals surface area contributed by atoms with Crippen LogP contribution in [0, 0.1) is 6.92 Å². The molecule has 1 aromatic carbocycles. The van der Waals surface area contributed by atoms with E-state index in [2.05, 4.69) is 57.7 Å². The zero-order valence-corrected chi connectivity index (χ0v) is 11.3. The van der Waals surface area contributed by atoms with Crippen LogP contribution < -0.4 is 5.19 Å². The van der Waals surface area contributed by atoms with Crippen LogP contribution in [0.1, 0.15) is 25.8 Å². The Hall–Kier alpha value is -0.823. The van der Waals surface area contributed by atoms with E-state index >= 15 is 0 Å². The molecule has 0 bridgehead atoms. The molecule has 0 aliphatic carbocycles. The maximum atomic E-state index is 2.41. The Kier molecular flexibility index (Phi) is 4.83. The number of hydrogen-bond acceptors (Lipinski definition) is 0. The van der Waals surface area contributed by atoms with Crippen molar-refractivity contribution in [1.29, 1.82) is 0 Å². The summed E-state index contributed by atoms with van der Waals surface area (Å²) >= 11 is 0. The van der Waals surface area contributed by atoms with Gasteiger partial charge < -0.3 is 0 Å². The van der Waals surface area contributed by atoms with Gasteiger partial charge in [-0.2, -0.15) is 0 Å². The van der Waals surface area contributed by atoms with Crippen molar-refractivity contribution in [2.45, 2.75) is 39.8 Å². The maximum Gasteiger partial charge on any atom is 0.0827 e. The fourth-order valence-electron chi connectivity index (χ4n) is 1.56. The number of aryl methyl sites for hydroxylation is 1. The molecule has 0 unspecified atom stereocenters. The van der Waals surface area contributed by atoms with Gasteiger partial charge in [-0.1, -0.05) is 59.3 Å². The lowest BCUT2D eigenvalue weighted by Crippen LogP contribution is -2.25. The van der Waals surface area contributed by atoms with Crippen molar-refractivity contribution in [1.82, 2.24) is 0 Å². The zero-order valence-electron chi connectivity index (χ0n) is 10.3. The summed E-state index contributed by atoms with van der Waals surface area (Å²) in [5.74, 6) is 0. The minimum Gasteiger partial charge on any atom is -0.0862 e. The maximum absolute atomic E-state index is 2.41. The standard InChI is InChI=1S/C14H21Si/c1-12(2)6-5-11-15(4)14-9-7-13(3)8-10-14/h6-10H,5,11H2,1-4H3. The Balaban J connectivity index is 2.50. The summed E-state index contributed by atoms with van der Waals surface area (Å²) in [7, 11) is -0.324. The fraction of sp³-hybridized carbons (Fsp3) is 0.429. The topological polar surface area (TPSA) is 0 Å². The van der Waals surface area contributed by atoms with Crippen LogP contribution in [-0.2, 0) is 0 Å². The highest BCUT2D eigenvalue weighted by Gasteiger charge is 2.05. The molecular weight excluding hydrogens is 196 g/mol. The van der Waals surface area contributed by atoms with Crippen LogP contribution in [0.25, 0.3) is 0 Å². The first-order chi connectivity index (χ1) is 7.09. The SMILES string of the molecule is CC(C)=CCC[Si](C)c1ccc(C)cc1. The molecule has 0 heterocycles. The molecule has 15 heavy (non-hydrogen) atoms. The molecule has 1 radical (unpaired) electrons. The predicted molar refractivity (Wildman–Crippen MR) is 71.3 cm³/mol. The molecule has 0 amide bonds.